The number of aromatic nitrogens is 2. The van der Waals surface area contributed by atoms with Gasteiger partial charge < -0.3 is 15.8 Å². The van der Waals surface area contributed by atoms with Crippen molar-refractivity contribution in [2.45, 2.75) is 17.1 Å². The van der Waals surface area contributed by atoms with E-state index in [-0.39, 0.29) is 5.92 Å². The first kappa shape index (κ1) is 15.6. The number of H-pyrrole nitrogens is 1. The number of hydrogen-bond acceptors (Lipinski definition) is 4. The number of carboxylic acid groups (broad SMARTS) is 1. The third-order valence-corrected chi connectivity index (χ3v) is 4.71. The number of rotatable bonds is 6. The number of para-hydroxylation sites is 2. The van der Waals surface area contributed by atoms with E-state index in [1.807, 2.05) is 54.6 Å². The van der Waals surface area contributed by atoms with E-state index >= 15 is 0 Å². The fourth-order valence-corrected chi connectivity index (χ4v) is 3.53. The van der Waals surface area contributed by atoms with Crippen LogP contribution in [-0.2, 0) is 4.79 Å². The van der Waals surface area contributed by atoms with Gasteiger partial charge in [0.2, 0.25) is 0 Å². The quantitative estimate of drug-likeness (QED) is 0.606. The first-order valence-corrected chi connectivity index (χ1v) is 8.24. The van der Waals surface area contributed by atoms with Gasteiger partial charge in [-0.25, -0.2) is 4.98 Å². The third kappa shape index (κ3) is 3.55. The fourth-order valence-electron chi connectivity index (χ4n) is 2.45. The minimum absolute atomic E-state index is 0.285. The van der Waals surface area contributed by atoms with Crippen molar-refractivity contribution >= 4 is 28.8 Å². The van der Waals surface area contributed by atoms with E-state index < -0.39 is 12.0 Å². The molecule has 3 rings (SSSR count). The van der Waals surface area contributed by atoms with E-state index in [1.54, 1.807) is 0 Å². The van der Waals surface area contributed by atoms with Gasteiger partial charge in [0, 0.05) is 11.7 Å². The molecule has 0 radical (unpaired) electrons. The van der Waals surface area contributed by atoms with Crippen molar-refractivity contribution in [2.24, 2.45) is 5.73 Å². The maximum Gasteiger partial charge on any atom is 0.321 e. The number of aromatic amines is 1. The van der Waals surface area contributed by atoms with Crippen LogP contribution in [0.25, 0.3) is 11.0 Å². The van der Waals surface area contributed by atoms with Crippen LogP contribution in [0, 0.1) is 0 Å². The highest BCUT2D eigenvalue weighted by Gasteiger charge is 2.26. The minimum Gasteiger partial charge on any atom is -0.480 e. The summed E-state index contributed by atoms with van der Waals surface area (Å²) in [5, 5.41) is 10.0. The summed E-state index contributed by atoms with van der Waals surface area (Å²) in [7, 11) is 0. The second kappa shape index (κ2) is 6.85. The summed E-state index contributed by atoms with van der Waals surface area (Å²) >= 11 is 1.48. The predicted molar refractivity (Wildman–Crippen MR) is 91.6 cm³/mol. The smallest absolute Gasteiger partial charge is 0.321 e. The maximum atomic E-state index is 11.3. The minimum atomic E-state index is -0.996. The molecule has 1 heterocycles. The molecule has 0 aliphatic carbocycles. The predicted octanol–water partition coefficient (Wildman–Crippen LogP) is 2.85. The number of nitrogens with zero attached hydrogens (tertiary/aromatic N) is 1. The van der Waals surface area contributed by atoms with Crippen molar-refractivity contribution < 1.29 is 9.90 Å². The van der Waals surface area contributed by atoms with Gasteiger partial charge in [0.1, 0.15) is 6.04 Å². The van der Waals surface area contributed by atoms with Gasteiger partial charge in [-0.05, 0) is 17.7 Å². The van der Waals surface area contributed by atoms with Crippen LogP contribution in [-0.4, -0.2) is 32.8 Å². The number of hydrogen-bond donors (Lipinski definition) is 3. The monoisotopic (exact) mass is 327 g/mol. The molecule has 118 valence electrons. The van der Waals surface area contributed by atoms with Gasteiger partial charge in [-0.2, -0.15) is 0 Å². The van der Waals surface area contributed by atoms with E-state index in [1.165, 1.54) is 11.8 Å². The summed E-state index contributed by atoms with van der Waals surface area (Å²) < 4.78 is 0. The van der Waals surface area contributed by atoms with Crippen LogP contribution >= 0.6 is 11.8 Å². The van der Waals surface area contributed by atoms with Crippen LogP contribution in [0.1, 0.15) is 11.5 Å². The second-order valence-electron chi connectivity index (χ2n) is 5.25. The first-order chi connectivity index (χ1) is 11.1. The molecule has 0 spiro atoms. The zero-order chi connectivity index (χ0) is 16.2. The molecule has 1 unspecified atom stereocenters. The zero-order valence-electron chi connectivity index (χ0n) is 12.3. The molecule has 6 heteroatoms. The van der Waals surface area contributed by atoms with Gasteiger partial charge in [-0.3, -0.25) is 4.79 Å². The SMILES string of the molecule is N[C@H](C(=O)O)C(CSc1nc2ccccc2[nH]1)c1ccccc1. The van der Waals surface area contributed by atoms with Gasteiger partial charge in [0.05, 0.1) is 11.0 Å². The zero-order valence-corrected chi connectivity index (χ0v) is 13.2. The molecule has 3 aromatic rings. The number of benzene rings is 2. The van der Waals surface area contributed by atoms with E-state index in [4.69, 9.17) is 5.73 Å². The maximum absolute atomic E-state index is 11.3. The summed E-state index contributed by atoms with van der Waals surface area (Å²) in [4.78, 5) is 19.0. The first-order valence-electron chi connectivity index (χ1n) is 7.26. The lowest BCUT2D eigenvalue weighted by atomic mass is 9.94. The molecule has 2 aromatic carbocycles. The molecule has 0 fully saturated rings. The number of aliphatic carboxylic acids is 1. The van der Waals surface area contributed by atoms with Gasteiger partial charge in [0.15, 0.2) is 5.16 Å². The molecule has 0 amide bonds. The molecule has 0 saturated carbocycles. The van der Waals surface area contributed by atoms with Crippen LogP contribution < -0.4 is 5.73 Å². The molecule has 2 atom stereocenters. The number of nitrogens with two attached hydrogens (primary N) is 1. The summed E-state index contributed by atoms with van der Waals surface area (Å²) in [6.45, 7) is 0. The van der Waals surface area contributed by atoms with Crippen LogP contribution in [0.15, 0.2) is 59.8 Å². The van der Waals surface area contributed by atoms with Gasteiger partial charge in [0.25, 0.3) is 0 Å². The Bertz CT molecular complexity index is 771. The number of imidazole rings is 1. The Labute approximate surface area is 137 Å². The van der Waals surface area contributed by atoms with E-state index in [0.717, 1.165) is 21.8 Å². The molecule has 0 aliphatic heterocycles. The van der Waals surface area contributed by atoms with Gasteiger partial charge in [-0.1, -0.05) is 54.2 Å². The topological polar surface area (TPSA) is 92.0 Å². The Morgan fingerprint density at radius 3 is 2.57 bits per heavy atom. The number of fused-ring (bicyclic) bond motifs is 1. The molecular formula is C17H17N3O2S. The van der Waals surface area contributed by atoms with Crippen LogP contribution in [0.2, 0.25) is 0 Å². The average molecular weight is 327 g/mol. The fraction of sp³-hybridized carbons (Fsp3) is 0.176. The van der Waals surface area contributed by atoms with Crippen LogP contribution in [0.5, 0.6) is 0 Å². The Morgan fingerprint density at radius 2 is 1.87 bits per heavy atom. The van der Waals surface area contributed by atoms with Gasteiger partial charge in [-0.15, -0.1) is 0 Å². The van der Waals surface area contributed by atoms with E-state index in [2.05, 4.69) is 9.97 Å². The van der Waals surface area contributed by atoms with Gasteiger partial charge >= 0.3 is 5.97 Å². The van der Waals surface area contributed by atoms with Crippen LogP contribution in [0.3, 0.4) is 0 Å². The Morgan fingerprint density at radius 1 is 1.17 bits per heavy atom. The molecular weight excluding hydrogens is 310 g/mol. The number of thioether (sulfide) groups is 1. The normalized spacial score (nSPS) is 13.8. The average Bonchev–Trinajstić information content (AvgIpc) is 2.98. The third-order valence-electron chi connectivity index (χ3n) is 3.71. The van der Waals surface area contributed by atoms with Crippen molar-refractivity contribution in [3.63, 3.8) is 0 Å². The molecule has 5 nitrogen and oxygen atoms in total. The molecule has 0 saturated heterocycles. The van der Waals surface area contributed by atoms with Crippen molar-refractivity contribution in [3.05, 3.63) is 60.2 Å². The van der Waals surface area contributed by atoms with Crippen molar-refractivity contribution in [3.8, 4) is 0 Å². The van der Waals surface area contributed by atoms with Crippen molar-refractivity contribution in [1.29, 1.82) is 0 Å². The second-order valence-corrected chi connectivity index (χ2v) is 6.26. The molecule has 1 aromatic heterocycles. The lowest BCUT2D eigenvalue weighted by Gasteiger charge is -2.20. The Balaban J connectivity index is 1.79. The van der Waals surface area contributed by atoms with E-state index in [9.17, 15) is 9.90 Å². The lowest BCUT2D eigenvalue weighted by Crippen LogP contribution is -2.37. The Kier molecular flexibility index (Phi) is 4.64. The molecule has 0 bridgehead atoms. The largest absolute Gasteiger partial charge is 0.480 e. The summed E-state index contributed by atoms with van der Waals surface area (Å²) in [6, 6.07) is 16.3. The van der Waals surface area contributed by atoms with Crippen molar-refractivity contribution in [2.75, 3.05) is 5.75 Å². The van der Waals surface area contributed by atoms with Crippen molar-refractivity contribution in [1.82, 2.24) is 9.97 Å². The van der Waals surface area contributed by atoms with E-state index in [0.29, 0.717) is 5.75 Å². The highest BCUT2D eigenvalue weighted by atomic mass is 32.2. The number of carbonyl (C=O) groups is 1. The highest BCUT2D eigenvalue weighted by molar-refractivity contribution is 7.99. The number of nitrogens with one attached hydrogen (secondary N) is 1. The Hall–Kier alpha value is -2.31. The molecule has 0 aliphatic rings. The standard InChI is InChI=1S/C17H17N3O2S/c18-15(16(21)22)12(11-6-2-1-3-7-11)10-23-17-19-13-8-4-5-9-14(13)20-17/h1-9,12,15H,10,18H2,(H,19,20)(H,21,22)/t12?,15-/m0/s1. The molecule has 4 N–H and O–H groups in total. The molecule has 23 heavy (non-hydrogen) atoms. The highest BCUT2D eigenvalue weighted by Crippen LogP contribution is 2.28. The summed E-state index contributed by atoms with van der Waals surface area (Å²) in [5.41, 5.74) is 8.67. The van der Waals surface area contributed by atoms with Crippen LogP contribution in [0.4, 0.5) is 0 Å². The number of carboxylic acids is 1. The lowest BCUT2D eigenvalue weighted by molar-refractivity contribution is -0.138. The summed E-state index contributed by atoms with van der Waals surface area (Å²) in [6.07, 6.45) is 0. The summed E-state index contributed by atoms with van der Waals surface area (Å²) in [5.74, 6) is -0.743.